The third-order valence-corrected chi connectivity index (χ3v) is 4.59. The van der Waals surface area contributed by atoms with Crippen LogP contribution in [0, 0.1) is 13.8 Å². The zero-order valence-electron chi connectivity index (χ0n) is 15.4. The number of aryl methyl sites for hydroxylation is 2. The van der Waals surface area contributed by atoms with Crippen LogP contribution in [0.1, 0.15) is 28.6 Å². The van der Waals surface area contributed by atoms with Crippen LogP contribution in [-0.4, -0.2) is 40.1 Å². The maximum Gasteiger partial charge on any atom is 0.244 e. The summed E-state index contributed by atoms with van der Waals surface area (Å²) in [5.41, 5.74) is 10.3. The number of aromatic nitrogens is 3. The smallest absolute Gasteiger partial charge is 0.244 e. The van der Waals surface area contributed by atoms with E-state index >= 15 is 0 Å². The quantitative estimate of drug-likeness (QED) is 0.733. The fraction of sp³-hybridized carbons (Fsp3) is 0.316. The molecule has 2 aromatic heterocycles. The van der Waals surface area contributed by atoms with E-state index in [0.717, 1.165) is 33.4 Å². The summed E-state index contributed by atoms with van der Waals surface area (Å²) in [6.07, 6.45) is 1.73. The number of aromatic amines is 1. The Hall–Kier alpha value is -2.93. The van der Waals surface area contributed by atoms with Crippen LogP contribution in [0.15, 0.2) is 30.5 Å². The van der Waals surface area contributed by atoms with E-state index in [1.54, 1.807) is 25.3 Å². The molecule has 1 atom stereocenters. The molecule has 0 unspecified atom stereocenters. The van der Waals surface area contributed by atoms with Gasteiger partial charge in [0.05, 0.1) is 12.8 Å². The average Bonchev–Trinajstić information content (AvgIpc) is 2.99. The molecule has 7 heteroatoms. The summed E-state index contributed by atoms with van der Waals surface area (Å²) in [6, 6.07) is 6.92. The first-order valence-corrected chi connectivity index (χ1v) is 8.36. The maximum absolute atomic E-state index is 12.8. The molecule has 0 aliphatic carbocycles. The summed E-state index contributed by atoms with van der Waals surface area (Å²) in [5.74, 6) is 0.546. The van der Waals surface area contributed by atoms with Crippen LogP contribution in [-0.2, 0) is 11.3 Å². The third-order valence-electron chi connectivity index (χ3n) is 4.59. The average molecular weight is 353 g/mol. The Morgan fingerprint density at radius 2 is 2.12 bits per heavy atom. The Morgan fingerprint density at radius 3 is 2.77 bits per heavy atom. The van der Waals surface area contributed by atoms with Gasteiger partial charge in [0, 0.05) is 36.4 Å². The number of carbonyl (C=O) groups excluding carboxylic acids is 1. The Morgan fingerprint density at radius 1 is 1.35 bits per heavy atom. The van der Waals surface area contributed by atoms with Crippen molar-refractivity contribution in [2.24, 2.45) is 5.73 Å². The van der Waals surface area contributed by atoms with E-state index in [9.17, 15) is 4.79 Å². The van der Waals surface area contributed by atoms with Crippen molar-refractivity contribution in [1.29, 1.82) is 0 Å². The second-order valence-corrected chi connectivity index (χ2v) is 6.35. The van der Waals surface area contributed by atoms with Gasteiger partial charge in [0.2, 0.25) is 5.91 Å². The van der Waals surface area contributed by atoms with Crippen LogP contribution < -0.4 is 10.5 Å². The van der Waals surface area contributed by atoms with Crippen LogP contribution in [0.5, 0.6) is 5.75 Å². The maximum atomic E-state index is 12.8. The number of hydrogen-bond acceptors (Lipinski definition) is 5. The highest BCUT2D eigenvalue weighted by Gasteiger charge is 2.25. The number of fused-ring (bicyclic) bond motifs is 1. The molecule has 3 aromatic rings. The molecule has 26 heavy (non-hydrogen) atoms. The molecule has 0 aliphatic heterocycles. The zero-order valence-corrected chi connectivity index (χ0v) is 15.4. The molecule has 7 nitrogen and oxygen atoms in total. The summed E-state index contributed by atoms with van der Waals surface area (Å²) in [7, 11) is 3.37. The third kappa shape index (κ3) is 3.13. The number of rotatable bonds is 5. The molecule has 1 amide bonds. The second-order valence-electron chi connectivity index (χ2n) is 6.35. The van der Waals surface area contributed by atoms with Crippen LogP contribution >= 0.6 is 0 Å². The summed E-state index contributed by atoms with van der Waals surface area (Å²) in [4.78, 5) is 18.9. The van der Waals surface area contributed by atoms with Crippen LogP contribution in [0.25, 0.3) is 10.9 Å². The number of benzene rings is 1. The number of carbonyl (C=O) groups is 1. The largest absolute Gasteiger partial charge is 0.494 e. The van der Waals surface area contributed by atoms with Gasteiger partial charge in [-0.3, -0.25) is 14.9 Å². The number of pyridine rings is 1. The molecule has 0 saturated carbocycles. The molecule has 0 saturated heterocycles. The molecule has 3 rings (SSSR count). The van der Waals surface area contributed by atoms with Gasteiger partial charge in [0.1, 0.15) is 17.3 Å². The van der Waals surface area contributed by atoms with E-state index in [1.165, 1.54) is 0 Å². The first-order valence-electron chi connectivity index (χ1n) is 8.36. The van der Waals surface area contributed by atoms with Gasteiger partial charge in [-0.2, -0.15) is 5.10 Å². The van der Waals surface area contributed by atoms with Crippen molar-refractivity contribution in [3.63, 3.8) is 0 Å². The van der Waals surface area contributed by atoms with Crippen molar-refractivity contribution >= 4 is 16.8 Å². The van der Waals surface area contributed by atoms with Crippen molar-refractivity contribution < 1.29 is 9.53 Å². The predicted octanol–water partition coefficient (Wildman–Crippen LogP) is 2.24. The Labute approximate surface area is 152 Å². The summed E-state index contributed by atoms with van der Waals surface area (Å²) in [6.45, 7) is 4.13. The molecule has 2 heterocycles. The lowest BCUT2D eigenvalue weighted by atomic mass is 10.0. The van der Waals surface area contributed by atoms with E-state index in [1.807, 2.05) is 38.1 Å². The van der Waals surface area contributed by atoms with Gasteiger partial charge in [-0.1, -0.05) is 12.1 Å². The van der Waals surface area contributed by atoms with Crippen molar-refractivity contribution in [3.8, 4) is 5.75 Å². The Kier molecular flexibility index (Phi) is 4.90. The van der Waals surface area contributed by atoms with Gasteiger partial charge in [-0.05, 0) is 31.5 Å². The molecule has 136 valence electrons. The number of nitrogens with two attached hydrogens (primary N) is 1. The minimum atomic E-state index is -0.749. The number of hydrogen-bond donors (Lipinski definition) is 2. The summed E-state index contributed by atoms with van der Waals surface area (Å²) < 4.78 is 5.37. The molecule has 3 N–H and O–H groups in total. The molecule has 0 aliphatic rings. The fourth-order valence-electron chi connectivity index (χ4n) is 3.22. The highest BCUT2D eigenvalue weighted by molar-refractivity contribution is 5.88. The molecule has 0 spiro atoms. The second kappa shape index (κ2) is 7.13. The van der Waals surface area contributed by atoms with E-state index in [4.69, 9.17) is 10.5 Å². The number of ether oxygens (including phenoxy) is 1. The topological polar surface area (TPSA) is 97.1 Å². The van der Waals surface area contributed by atoms with Crippen LogP contribution in [0.2, 0.25) is 0 Å². The Bertz CT molecular complexity index is 931. The van der Waals surface area contributed by atoms with Gasteiger partial charge < -0.3 is 15.4 Å². The minimum Gasteiger partial charge on any atom is -0.494 e. The van der Waals surface area contributed by atoms with E-state index in [-0.39, 0.29) is 5.91 Å². The SMILES string of the molecule is COc1ccc(CN(C)C(=O)[C@@H](N)c2c(C)n[nH]c2C)c2cccnc12. The number of H-pyrrole nitrogens is 1. The van der Waals surface area contributed by atoms with Crippen molar-refractivity contribution in [3.05, 3.63) is 53.0 Å². The number of methoxy groups -OCH3 is 1. The van der Waals surface area contributed by atoms with Crippen LogP contribution in [0.3, 0.4) is 0 Å². The van der Waals surface area contributed by atoms with Crippen molar-refractivity contribution in [2.75, 3.05) is 14.2 Å². The van der Waals surface area contributed by atoms with E-state index < -0.39 is 6.04 Å². The van der Waals surface area contributed by atoms with E-state index in [2.05, 4.69) is 15.2 Å². The number of likely N-dealkylation sites (N-methyl/N-ethyl adjacent to an activating group) is 1. The lowest BCUT2D eigenvalue weighted by Gasteiger charge is -2.22. The monoisotopic (exact) mass is 353 g/mol. The molecular formula is C19H23N5O2. The van der Waals surface area contributed by atoms with Crippen LogP contribution in [0.4, 0.5) is 0 Å². The fourth-order valence-corrected chi connectivity index (χ4v) is 3.22. The minimum absolute atomic E-state index is 0.162. The molecule has 0 radical (unpaired) electrons. The van der Waals surface area contributed by atoms with E-state index in [0.29, 0.717) is 12.3 Å². The highest BCUT2D eigenvalue weighted by Crippen LogP contribution is 2.28. The predicted molar refractivity (Wildman–Crippen MR) is 99.8 cm³/mol. The first kappa shape index (κ1) is 17.9. The van der Waals surface area contributed by atoms with Gasteiger partial charge >= 0.3 is 0 Å². The number of nitrogens with one attached hydrogen (secondary N) is 1. The number of amides is 1. The van der Waals surface area contributed by atoms with Crippen molar-refractivity contribution in [2.45, 2.75) is 26.4 Å². The highest BCUT2D eigenvalue weighted by atomic mass is 16.5. The van der Waals surface area contributed by atoms with Gasteiger partial charge in [-0.25, -0.2) is 0 Å². The molecule has 0 fully saturated rings. The van der Waals surface area contributed by atoms with Gasteiger partial charge in [-0.15, -0.1) is 0 Å². The number of nitrogens with zero attached hydrogens (tertiary/aromatic N) is 3. The normalized spacial score (nSPS) is 12.2. The van der Waals surface area contributed by atoms with Gasteiger partial charge in [0.15, 0.2) is 0 Å². The van der Waals surface area contributed by atoms with Crippen molar-refractivity contribution in [1.82, 2.24) is 20.1 Å². The van der Waals surface area contributed by atoms with Gasteiger partial charge in [0.25, 0.3) is 0 Å². The molecular weight excluding hydrogens is 330 g/mol. The molecule has 0 bridgehead atoms. The lowest BCUT2D eigenvalue weighted by molar-refractivity contribution is -0.132. The summed E-state index contributed by atoms with van der Waals surface area (Å²) in [5, 5.41) is 7.95. The summed E-state index contributed by atoms with van der Waals surface area (Å²) >= 11 is 0. The lowest BCUT2D eigenvalue weighted by Crippen LogP contribution is -2.36. The first-order chi connectivity index (χ1) is 12.4. The molecule has 1 aromatic carbocycles. The zero-order chi connectivity index (χ0) is 18.8. The Balaban J connectivity index is 1.87. The standard InChI is InChI=1S/C19H23N5O2/c1-11-16(12(2)23-22-11)17(20)19(25)24(3)10-13-7-8-15(26-4)18-14(13)6-5-9-21-18/h5-9,17H,10,20H2,1-4H3,(H,22,23)/t17-/m0/s1.